The van der Waals surface area contributed by atoms with Gasteiger partial charge in [0.15, 0.2) is 0 Å². The maximum absolute atomic E-state index is 11.8. The van der Waals surface area contributed by atoms with Crippen molar-refractivity contribution >= 4 is 10.0 Å². The molecule has 0 amide bonds. The van der Waals surface area contributed by atoms with Crippen LogP contribution in [0.3, 0.4) is 0 Å². The minimum absolute atomic E-state index is 0.131. The lowest BCUT2D eigenvalue weighted by Crippen LogP contribution is -2.29. The minimum Gasteiger partial charge on any atom is -0.264 e. The van der Waals surface area contributed by atoms with Gasteiger partial charge in [-0.2, -0.15) is 0 Å². The Morgan fingerprint density at radius 1 is 1.20 bits per heavy atom. The Kier molecular flexibility index (Phi) is 3.81. The zero-order chi connectivity index (χ0) is 11.5. The number of rotatable bonds is 4. The zero-order valence-corrected chi connectivity index (χ0v) is 9.61. The lowest BCUT2D eigenvalue weighted by atomic mass is 10.2. The van der Waals surface area contributed by atoms with Gasteiger partial charge in [-0.1, -0.05) is 12.1 Å². The maximum atomic E-state index is 11.8. The second kappa shape index (κ2) is 4.71. The molecule has 0 aliphatic rings. The molecular formula is C9H13NO4S. The first-order chi connectivity index (χ1) is 7.02. The Bertz CT molecular complexity index is 425. The van der Waals surface area contributed by atoms with Crippen LogP contribution in [0.25, 0.3) is 0 Å². The number of nitrogens with zero attached hydrogens (tertiary/aromatic N) is 1. The second-order valence-corrected chi connectivity index (χ2v) is 4.60. The van der Waals surface area contributed by atoms with Crippen molar-refractivity contribution in [1.29, 1.82) is 0 Å². The van der Waals surface area contributed by atoms with Crippen LogP contribution in [-0.4, -0.2) is 27.3 Å². The number of hydrogen-bond donors (Lipinski definition) is 0. The summed E-state index contributed by atoms with van der Waals surface area (Å²) >= 11 is 0. The molecule has 0 unspecified atom stereocenters. The molecule has 0 fully saturated rings. The van der Waals surface area contributed by atoms with Crippen LogP contribution in [0.4, 0.5) is 0 Å². The number of aryl methyl sites for hydroxylation is 1. The van der Waals surface area contributed by atoms with Crippen molar-refractivity contribution in [3.8, 4) is 0 Å². The first-order valence-electron chi connectivity index (χ1n) is 4.22. The molecule has 0 radical (unpaired) electrons. The van der Waals surface area contributed by atoms with Gasteiger partial charge in [-0.05, 0) is 24.6 Å². The van der Waals surface area contributed by atoms with E-state index in [0.717, 1.165) is 5.56 Å². The fourth-order valence-corrected chi connectivity index (χ4v) is 2.28. The van der Waals surface area contributed by atoms with Crippen LogP contribution in [-0.2, 0) is 19.7 Å². The van der Waals surface area contributed by atoms with Crippen molar-refractivity contribution in [3.63, 3.8) is 0 Å². The molecule has 0 spiro atoms. The summed E-state index contributed by atoms with van der Waals surface area (Å²) in [7, 11) is -1.30. The summed E-state index contributed by atoms with van der Waals surface area (Å²) in [5, 5.41) is 0. The molecule has 0 saturated carbocycles. The van der Waals surface area contributed by atoms with Crippen LogP contribution in [0.1, 0.15) is 5.56 Å². The fourth-order valence-electron chi connectivity index (χ4n) is 1.13. The highest BCUT2D eigenvalue weighted by molar-refractivity contribution is 7.88. The standard InChI is InChI=1S/C9H13NO4S/c1-8-5-4-6-9(7-8)15(11,12)10(13-2)14-3/h4-7H,1-3H3. The summed E-state index contributed by atoms with van der Waals surface area (Å²) < 4.78 is 24.1. The molecule has 0 atom stereocenters. The van der Waals surface area contributed by atoms with Crippen molar-refractivity contribution in [3.05, 3.63) is 29.8 Å². The smallest absolute Gasteiger partial charge is 0.264 e. The molecule has 1 aromatic carbocycles. The van der Waals surface area contributed by atoms with Crippen LogP contribution in [0.15, 0.2) is 29.2 Å². The third kappa shape index (κ3) is 2.54. The van der Waals surface area contributed by atoms with Crippen molar-refractivity contribution in [1.82, 2.24) is 4.63 Å². The van der Waals surface area contributed by atoms with E-state index in [0.29, 0.717) is 4.63 Å². The summed E-state index contributed by atoms with van der Waals surface area (Å²) in [5.41, 5.74) is 0.850. The van der Waals surface area contributed by atoms with Gasteiger partial charge in [0.2, 0.25) is 0 Å². The highest BCUT2D eigenvalue weighted by atomic mass is 32.2. The van der Waals surface area contributed by atoms with Gasteiger partial charge in [-0.3, -0.25) is 9.68 Å². The largest absolute Gasteiger partial charge is 0.288 e. The minimum atomic E-state index is -3.73. The van der Waals surface area contributed by atoms with Crippen molar-refractivity contribution in [2.24, 2.45) is 0 Å². The van der Waals surface area contributed by atoms with E-state index in [1.54, 1.807) is 12.1 Å². The third-order valence-electron chi connectivity index (χ3n) is 1.78. The number of hydrogen-bond acceptors (Lipinski definition) is 4. The van der Waals surface area contributed by atoms with Crippen LogP contribution in [0.5, 0.6) is 0 Å². The van der Waals surface area contributed by atoms with E-state index >= 15 is 0 Å². The van der Waals surface area contributed by atoms with Crippen LogP contribution >= 0.6 is 0 Å². The summed E-state index contributed by atoms with van der Waals surface area (Å²) in [6.45, 7) is 1.81. The Morgan fingerprint density at radius 2 is 1.80 bits per heavy atom. The molecule has 1 aromatic rings. The molecule has 5 nitrogen and oxygen atoms in total. The monoisotopic (exact) mass is 231 g/mol. The molecule has 6 heteroatoms. The molecule has 84 valence electrons. The third-order valence-corrected chi connectivity index (χ3v) is 3.32. The molecule has 15 heavy (non-hydrogen) atoms. The van der Waals surface area contributed by atoms with Crippen LogP contribution in [0, 0.1) is 6.92 Å². The van der Waals surface area contributed by atoms with Crippen molar-refractivity contribution < 1.29 is 18.1 Å². The van der Waals surface area contributed by atoms with E-state index in [-0.39, 0.29) is 4.90 Å². The van der Waals surface area contributed by atoms with E-state index < -0.39 is 10.0 Å². The van der Waals surface area contributed by atoms with E-state index in [9.17, 15) is 8.42 Å². The van der Waals surface area contributed by atoms with Gasteiger partial charge in [0.25, 0.3) is 10.0 Å². The summed E-state index contributed by atoms with van der Waals surface area (Å²) in [6.07, 6.45) is 0. The predicted octanol–water partition coefficient (Wildman–Crippen LogP) is 1.11. The van der Waals surface area contributed by atoms with E-state index in [1.807, 2.05) is 13.0 Å². The zero-order valence-electron chi connectivity index (χ0n) is 8.80. The highest BCUT2D eigenvalue weighted by Gasteiger charge is 2.24. The Hall–Kier alpha value is -0.950. The molecule has 0 N–H and O–H groups in total. The van der Waals surface area contributed by atoms with Gasteiger partial charge in [-0.25, -0.2) is 8.42 Å². The molecular weight excluding hydrogens is 218 g/mol. The topological polar surface area (TPSA) is 55.8 Å². The van der Waals surface area contributed by atoms with Gasteiger partial charge in [0.05, 0.1) is 23.7 Å². The average Bonchev–Trinajstić information content (AvgIpc) is 2.19. The first-order valence-corrected chi connectivity index (χ1v) is 5.66. The van der Waals surface area contributed by atoms with Crippen LogP contribution < -0.4 is 0 Å². The van der Waals surface area contributed by atoms with E-state index in [1.165, 1.54) is 20.3 Å². The molecule has 0 bridgehead atoms. The van der Waals surface area contributed by atoms with E-state index in [4.69, 9.17) is 0 Å². The van der Waals surface area contributed by atoms with Crippen LogP contribution in [0.2, 0.25) is 0 Å². The van der Waals surface area contributed by atoms with Gasteiger partial charge < -0.3 is 0 Å². The quantitative estimate of drug-likeness (QED) is 0.728. The SMILES string of the molecule is CON(OC)S(=O)(=O)c1cccc(C)c1. The lowest BCUT2D eigenvalue weighted by Gasteiger charge is -2.15. The Labute approximate surface area is 89.2 Å². The maximum Gasteiger partial charge on any atom is 0.288 e. The molecule has 0 saturated heterocycles. The Balaban J connectivity index is 3.16. The summed E-state index contributed by atoms with van der Waals surface area (Å²) in [6, 6.07) is 6.49. The van der Waals surface area contributed by atoms with Crippen molar-refractivity contribution in [2.75, 3.05) is 14.2 Å². The first kappa shape index (κ1) is 12.1. The molecule has 1 rings (SSSR count). The van der Waals surface area contributed by atoms with E-state index in [2.05, 4.69) is 9.68 Å². The average molecular weight is 231 g/mol. The van der Waals surface area contributed by atoms with Gasteiger partial charge in [0, 0.05) is 0 Å². The van der Waals surface area contributed by atoms with Crippen molar-refractivity contribution in [2.45, 2.75) is 11.8 Å². The molecule has 0 aromatic heterocycles. The number of benzene rings is 1. The number of sulfonamides is 1. The molecule has 0 aliphatic carbocycles. The predicted molar refractivity (Wildman–Crippen MR) is 54.2 cm³/mol. The fraction of sp³-hybridized carbons (Fsp3) is 0.333. The summed E-state index contributed by atoms with van der Waals surface area (Å²) in [4.78, 5) is 9.29. The summed E-state index contributed by atoms with van der Waals surface area (Å²) in [5.74, 6) is 0. The highest BCUT2D eigenvalue weighted by Crippen LogP contribution is 2.16. The van der Waals surface area contributed by atoms with Gasteiger partial charge in [-0.15, -0.1) is 0 Å². The van der Waals surface area contributed by atoms with Gasteiger partial charge in [0.1, 0.15) is 0 Å². The Morgan fingerprint density at radius 3 is 2.27 bits per heavy atom. The second-order valence-electron chi connectivity index (χ2n) is 2.88. The lowest BCUT2D eigenvalue weighted by molar-refractivity contribution is -0.270. The van der Waals surface area contributed by atoms with Gasteiger partial charge >= 0.3 is 0 Å². The molecule has 0 aliphatic heterocycles. The normalized spacial score (nSPS) is 12.0. The molecule has 0 heterocycles.